The van der Waals surface area contributed by atoms with Crippen LogP contribution in [0, 0.1) is 5.92 Å². The highest BCUT2D eigenvalue weighted by Crippen LogP contribution is 2.28. The molecule has 4 nitrogen and oxygen atoms in total. The molecule has 2 aromatic carbocycles. The number of amides is 1. The van der Waals surface area contributed by atoms with E-state index in [2.05, 4.69) is 64.9 Å². The Morgan fingerprint density at radius 3 is 2.46 bits per heavy atom. The van der Waals surface area contributed by atoms with Gasteiger partial charge >= 0.3 is 0 Å². The Kier molecular flexibility index (Phi) is 8.17. The summed E-state index contributed by atoms with van der Waals surface area (Å²) in [5, 5.41) is 4.10. The van der Waals surface area contributed by atoms with Crippen molar-refractivity contribution < 1.29 is 9.53 Å². The minimum Gasteiger partial charge on any atom is -0.493 e. The third-order valence-corrected chi connectivity index (χ3v) is 8.21. The zero-order valence-corrected chi connectivity index (χ0v) is 21.3. The molecule has 0 spiro atoms. The lowest BCUT2D eigenvalue weighted by molar-refractivity contribution is -0.132. The second-order valence-electron chi connectivity index (χ2n) is 10.1. The zero-order valence-electron chi connectivity index (χ0n) is 20.5. The van der Waals surface area contributed by atoms with Crippen LogP contribution in [-0.4, -0.2) is 48.5 Å². The molecule has 35 heavy (non-hydrogen) atoms. The van der Waals surface area contributed by atoms with Crippen LogP contribution >= 0.6 is 11.3 Å². The number of piperidine rings is 2. The van der Waals surface area contributed by atoms with E-state index in [0.717, 1.165) is 56.9 Å². The van der Waals surface area contributed by atoms with Crippen molar-refractivity contribution in [3.8, 4) is 5.75 Å². The number of benzene rings is 2. The van der Waals surface area contributed by atoms with Crippen LogP contribution in [-0.2, 0) is 17.8 Å². The molecular weight excluding hydrogens is 452 g/mol. The number of rotatable bonds is 8. The number of hydrogen-bond acceptors (Lipinski definition) is 4. The van der Waals surface area contributed by atoms with E-state index in [0.29, 0.717) is 24.9 Å². The van der Waals surface area contributed by atoms with Crippen molar-refractivity contribution in [1.82, 2.24) is 9.80 Å². The van der Waals surface area contributed by atoms with E-state index in [-0.39, 0.29) is 5.91 Å². The van der Waals surface area contributed by atoms with Gasteiger partial charge in [-0.2, -0.15) is 11.3 Å². The first-order valence-corrected chi connectivity index (χ1v) is 13.9. The van der Waals surface area contributed by atoms with Crippen molar-refractivity contribution in [3.63, 3.8) is 0 Å². The second-order valence-corrected chi connectivity index (χ2v) is 10.9. The van der Waals surface area contributed by atoms with Crippen molar-refractivity contribution in [1.29, 1.82) is 0 Å². The Morgan fingerprint density at radius 2 is 1.71 bits per heavy atom. The van der Waals surface area contributed by atoms with Gasteiger partial charge in [0, 0.05) is 25.6 Å². The lowest BCUT2D eigenvalue weighted by atomic mass is 9.89. The Bertz CT molecular complexity index is 1040. The van der Waals surface area contributed by atoms with Gasteiger partial charge in [0.15, 0.2) is 0 Å². The third kappa shape index (κ3) is 6.74. The van der Waals surface area contributed by atoms with Gasteiger partial charge in [0.1, 0.15) is 5.75 Å². The number of ether oxygens (including phenoxy) is 1. The van der Waals surface area contributed by atoms with E-state index in [1.807, 2.05) is 16.3 Å². The maximum absolute atomic E-state index is 12.7. The van der Waals surface area contributed by atoms with Gasteiger partial charge in [-0.1, -0.05) is 42.5 Å². The highest BCUT2D eigenvalue weighted by Gasteiger charge is 2.24. The fraction of sp³-hybridized carbons (Fsp3) is 0.433. The van der Waals surface area contributed by atoms with Gasteiger partial charge in [-0.3, -0.25) is 9.69 Å². The first-order valence-electron chi connectivity index (χ1n) is 13.0. The Hall–Kier alpha value is -2.63. The maximum Gasteiger partial charge on any atom is 0.227 e. The highest BCUT2D eigenvalue weighted by molar-refractivity contribution is 7.08. The average Bonchev–Trinajstić information content (AvgIpc) is 3.42. The molecule has 1 amide bonds. The monoisotopic (exact) mass is 488 g/mol. The predicted molar refractivity (Wildman–Crippen MR) is 143 cm³/mol. The number of carbonyl (C=O) groups excluding carboxylic acids is 1. The first kappa shape index (κ1) is 24.1. The van der Waals surface area contributed by atoms with Gasteiger partial charge in [-0.05, 0) is 90.3 Å². The molecule has 0 bridgehead atoms. The summed E-state index contributed by atoms with van der Waals surface area (Å²) in [6, 6.07) is 21.6. The van der Waals surface area contributed by atoms with Gasteiger partial charge in [0.2, 0.25) is 5.91 Å². The molecule has 1 aromatic heterocycles. The Morgan fingerprint density at radius 1 is 0.914 bits per heavy atom. The van der Waals surface area contributed by atoms with Crippen LogP contribution in [0.15, 0.2) is 71.4 Å². The molecule has 2 aliphatic rings. The lowest BCUT2D eigenvalue weighted by Crippen LogP contribution is -2.42. The standard InChI is InChI=1S/C30H36N2O2S/c33-30(19-25-14-18-35-23-25)32-15-4-5-26(21-32)22-34-29-10-8-24(9-11-29)20-31-16-12-28(13-17-31)27-6-2-1-3-7-27/h1-3,6-11,14,18,23,26,28H,4-5,12-13,15-17,19-22H2. The fourth-order valence-corrected chi connectivity index (χ4v) is 6.09. The van der Waals surface area contributed by atoms with Crippen molar-refractivity contribution in [3.05, 3.63) is 88.1 Å². The van der Waals surface area contributed by atoms with E-state index in [1.165, 1.54) is 24.0 Å². The summed E-state index contributed by atoms with van der Waals surface area (Å²) in [5.74, 6) is 2.27. The highest BCUT2D eigenvalue weighted by atomic mass is 32.1. The lowest BCUT2D eigenvalue weighted by Gasteiger charge is -2.33. The molecule has 184 valence electrons. The summed E-state index contributed by atoms with van der Waals surface area (Å²) in [6.07, 6.45) is 5.17. The molecule has 3 aromatic rings. The molecule has 0 N–H and O–H groups in total. The minimum absolute atomic E-state index is 0.241. The largest absolute Gasteiger partial charge is 0.493 e. The number of hydrogen-bond donors (Lipinski definition) is 0. The SMILES string of the molecule is O=C(Cc1ccsc1)N1CCCC(COc2ccc(CN3CCC(c4ccccc4)CC3)cc2)C1. The number of likely N-dealkylation sites (tertiary alicyclic amines) is 2. The van der Waals surface area contributed by atoms with Crippen LogP contribution in [0.5, 0.6) is 5.75 Å². The summed E-state index contributed by atoms with van der Waals surface area (Å²) in [6.45, 7) is 5.67. The average molecular weight is 489 g/mol. The molecule has 3 heterocycles. The molecule has 1 unspecified atom stereocenters. The summed E-state index contributed by atoms with van der Waals surface area (Å²) >= 11 is 1.65. The fourth-order valence-electron chi connectivity index (χ4n) is 5.42. The molecule has 5 heteroatoms. The van der Waals surface area contributed by atoms with Crippen LogP contribution < -0.4 is 4.74 Å². The summed E-state index contributed by atoms with van der Waals surface area (Å²) in [4.78, 5) is 17.3. The number of carbonyl (C=O) groups is 1. The van der Waals surface area contributed by atoms with Crippen LogP contribution in [0.4, 0.5) is 0 Å². The summed E-state index contributed by atoms with van der Waals surface area (Å²) in [7, 11) is 0. The van der Waals surface area contributed by atoms with E-state index < -0.39 is 0 Å². The smallest absolute Gasteiger partial charge is 0.227 e. The number of thiophene rings is 1. The van der Waals surface area contributed by atoms with Gasteiger partial charge in [0.25, 0.3) is 0 Å². The summed E-state index contributed by atoms with van der Waals surface area (Å²) < 4.78 is 6.14. The molecule has 0 radical (unpaired) electrons. The summed E-state index contributed by atoms with van der Waals surface area (Å²) in [5.41, 5.74) is 3.96. The van der Waals surface area contributed by atoms with Crippen LogP contribution in [0.2, 0.25) is 0 Å². The van der Waals surface area contributed by atoms with Gasteiger partial charge in [-0.15, -0.1) is 0 Å². The molecule has 0 aliphatic carbocycles. The quantitative estimate of drug-likeness (QED) is 0.391. The van der Waals surface area contributed by atoms with Crippen LogP contribution in [0.3, 0.4) is 0 Å². The third-order valence-electron chi connectivity index (χ3n) is 7.48. The van der Waals surface area contributed by atoms with Crippen LogP contribution in [0.1, 0.15) is 48.3 Å². The predicted octanol–water partition coefficient (Wildman–Crippen LogP) is 5.99. The molecular formula is C30H36N2O2S. The molecule has 5 rings (SSSR count). The molecule has 2 fully saturated rings. The van der Waals surface area contributed by atoms with Gasteiger partial charge in [0.05, 0.1) is 13.0 Å². The topological polar surface area (TPSA) is 32.8 Å². The maximum atomic E-state index is 12.7. The molecule has 2 aliphatic heterocycles. The van der Waals surface area contributed by atoms with Crippen molar-refractivity contribution in [2.75, 3.05) is 32.8 Å². The van der Waals surface area contributed by atoms with E-state index in [9.17, 15) is 4.79 Å². The zero-order chi connectivity index (χ0) is 23.9. The molecule has 0 saturated carbocycles. The minimum atomic E-state index is 0.241. The Balaban J connectivity index is 1.04. The van der Waals surface area contributed by atoms with Crippen molar-refractivity contribution in [2.45, 2.75) is 44.6 Å². The van der Waals surface area contributed by atoms with E-state index >= 15 is 0 Å². The first-order chi connectivity index (χ1) is 17.2. The normalized spacial score (nSPS) is 19.5. The van der Waals surface area contributed by atoms with Crippen molar-refractivity contribution in [2.24, 2.45) is 5.92 Å². The van der Waals surface area contributed by atoms with Gasteiger partial charge in [-0.25, -0.2) is 0 Å². The van der Waals surface area contributed by atoms with Crippen molar-refractivity contribution >= 4 is 17.2 Å². The molecule has 2 saturated heterocycles. The van der Waals surface area contributed by atoms with E-state index in [1.54, 1.807) is 11.3 Å². The molecule has 1 atom stereocenters. The van der Waals surface area contributed by atoms with Crippen LogP contribution in [0.25, 0.3) is 0 Å². The second kappa shape index (κ2) is 11.9. The van der Waals surface area contributed by atoms with Gasteiger partial charge < -0.3 is 9.64 Å². The number of nitrogens with zero attached hydrogens (tertiary/aromatic N) is 2. The Labute approximate surface area is 213 Å². The van der Waals surface area contributed by atoms with E-state index in [4.69, 9.17) is 4.74 Å².